The first-order chi connectivity index (χ1) is 12.7. The lowest BCUT2D eigenvalue weighted by molar-refractivity contribution is -0.380. The van der Waals surface area contributed by atoms with E-state index in [0.717, 1.165) is 19.3 Å². The predicted molar refractivity (Wildman–Crippen MR) is 112 cm³/mol. The first kappa shape index (κ1) is 25.6. The molecule has 0 spiro atoms. The Bertz CT molecular complexity index is 292. The molecular formula is C23H46O3. The van der Waals surface area contributed by atoms with Crippen LogP contribution in [0.25, 0.3) is 0 Å². The molecule has 0 aliphatic heterocycles. The van der Waals surface area contributed by atoms with Gasteiger partial charge >= 0.3 is 0 Å². The molecular weight excluding hydrogens is 324 g/mol. The van der Waals surface area contributed by atoms with Gasteiger partial charge in [-0.25, -0.2) is 0 Å². The number of hydrogen-bond donors (Lipinski definition) is 0. The van der Waals surface area contributed by atoms with E-state index in [9.17, 15) is 0 Å². The number of ether oxygens (including phenoxy) is 3. The largest absolute Gasteiger partial charge is 0.331 e. The van der Waals surface area contributed by atoms with E-state index in [1.165, 1.54) is 77.0 Å². The van der Waals surface area contributed by atoms with Crippen molar-refractivity contribution >= 4 is 0 Å². The van der Waals surface area contributed by atoms with Crippen molar-refractivity contribution in [3.8, 4) is 0 Å². The van der Waals surface area contributed by atoms with Crippen LogP contribution >= 0.6 is 0 Å². The molecule has 1 atom stereocenters. The van der Waals surface area contributed by atoms with Gasteiger partial charge in [0.05, 0.1) is 0 Å². The molecule has 0 aromatic rings. The summed E-state index contributed by atoms with van der Waals surface area (Å²) in [4.78, 5) is 0. The molecule has 3 nitrogen and oxygen atoms in total. The van der Waals surface area contributed by atoms with Crippen molar-refractivity contribution in [2.45, 2.75) is 109 Å². The highest BCUT2D eigenvalue weighted by atomic mass is 16.9. The summed E-state index contributed by atoms with van der Waals surface area (Å²) >= 11 is 0. The third-order valence-electron chi connectivity index (χ3n) is 5.47. The first-order valence-corrected chi connectivity index (χ1v) is 11.0. The zero-order chi connectivity index (χ0) is 19.5. The number of unbranched alkanes of at least 4 members (excludes halogenated alkanes) is 11. The second kappa shape index (κ2) is 18.0. The van der Waals surface area contributed by atoms with Gasteiger partial charge in [-0.2, -0.15) is 0 Å². The van der Waals surface area contributed by atoms with Gasteiger partial charge in [0, 0.05) is 27.2 Å². The van der Waals surface area contributed by atoms with E-state index in [1.807, 2.05) is 6.08 Å². The molecule has 0 saturated carbocycles. The molecule has 1 unspecified atom stereocenters. The zero-order valence-electron chi connectivity index (χ0n) is 18.2. The van der Waals surface area contributed by atoms with Crippen LogP contribution in [-0.2, 0) is 14.2 Å². The highest BCUT2D eigenvalue weighted by molar-refractivity contribution is 4.72. The normalized spacial score (nSPS) is 13.1. The summed E-state index contributed by atoms with van der Waals surface area (Å²) in [7, 11) is 5.08. The third kappa shape index (κ3) is 11.4. The topological polar surface area (TPSA) is 27.7 Å². The van der Waals surface area contributed by atoms with Crippen LogP contribution in [0.1, 0.15) is 103 Å². The maximum atomic E-state index is 5.66. The fraction of sp³-hybridized carbons (Fsp3) is 0.913. The van der Waals surface area contributed by atoms with Crippen LogP contribution in [0.4, 0.5) is 0 Å². The Morgan fingerprint density at radius 3 is 1.54 bits per heavy atom. The van der Waals surface area contributed by atoms with Gasteiger partial charge < -0.3 is 14.2 Å². The summed E-state index contributed by atoms with van der Waals surface area (Å²) in [6.07, 6.45) is 21.1. The fourth-order valence-electron chi connectivity index (χ4n) is 3.81. The van der Waals surface area contributed by atoms with Crippen LogP contribution in [0, 0.1) is 5.92 Å². The van der Waals surface area contributed by atoms with Gasteiger partial charge in [0.15, 0.2) is 0 Å². The molecule has 0 aromatic heterocycles. The number of methoxy groups -OCH3 is 3. The quantitative estimate of drug-likeness (QED) is 0.128. The third-order valence-corrected chi connectivity index (χ3v) is 5.47. The van der Waals surface area contributed by atoms with Crippen molar-refractivity contribution in [3.05, 3.63) is 12.7 Å². The van der Waals surface area contributed by atoms with Crippen LogP contribution in [0.15, 0.2) is 12.7 Å². The van der Waals surface area contributed by atoms with E-state index in [1.54, 1.807) is 21.3 Å². The zero-order valence-corrected chi connectivity index (χ0v) is 18.2. The van der Waals surface area contributed by atoms with E-state index in [-0.39, 0.29) is 0 Å². The summed E-state index contributed by atoms with van der Waals surface area (Å²) in [5.74, 6) is -0.577. The van der Waals surface area contributed by atoms with Crippen molar-refractivity contribution < 1.29 is 14.2 Å². The maximum Gasteiger partial charge on any atom is 0.285 e. The van der Waals surface area contributed by atoms with E-state index >= 15 is 0 Å². The predicted octanol–water partition coefficient (Wildman–Crippen LogP) is 7.25. The van der Waals surface area contributed by atoms with Crippen molar-refractivity contribution in [1.82, 2.24) is 0 Å². The summed E-state index contributed by atoms with van der Waals surface area (Å²) < 4.78 is 17.0. The van der Waals surface area contributed by atoms with Gasteiger partial charge in [-0.05, 0) is 25.7 Å². The van der Waals surface area contributed by atoms with E-state index < -0.39 is 5.97 Å². The molecule has 0 aromatic carbocycles. The summed E-state index contributed by atoms with van der Waals surface area (Å²) in [5, 5.41) is 0. The molecule has 0 rings (SSSR count). The number of allylic oxidation sites excluding steroid dienone is 1. The van der Waals surface area contributed by atoms with Gasteiger partial charge in [0.1, 0.15) is 0 Å². The Balaban J connectivity index is 4.16. The van der Waals surface area contributed by atoms with E-state index in [0.29, 0.717) is 5.92 Å². The van der Waals surface area contributed by atoms with Crippen molar-refractivity contribution in [3.63, 3.8) is 0 Å². The van der Waals surface area contributed by atoms with Gasteiger partial charge in [-0.3, -0.25) is 0 Å². The Morgan fingerprint density at radius 1 is 0.692 bits per heavy atom. The molecule has 0 heterocycles. The average molecular weight is 371 g/mol. The van der Waals surface area contributed by atoms with Gasteiger partial charge in [0.2, 0.25) is 0 Å². The fourth-order valence-corrected chi connectivity index (χ4v) is 3.81. The van der Waals surface area contributed by atoms with Gasteiger partial charge in [-0.1, -0.05) is 83.6 Å². The van der Waals surface area contributed by atoms with Crippen molar-refractivity contribution in [2.75, 3.05) is 21.3 Å². The molecule has 0 saturated heterocycles. The minimum atomic E-state index is -0.880. The molecule has 0 bridgehead atoms. The lowest BCUT2D eigenvalue weighted by Crippen LogP contribution is -2.44. The molecule has 26 heavy (non-hydrogen) atoms. The highest BCUT2D eigenvalue weighted by Crippen LogP contribution is 2.33. The Labute approximate surface area is 163 Å². The number of hydrogen-bond acceptors (Lipinski definition) is 3. The molecule has 3 heteroatoms. The number of rotatable bonds is 20. The smallest absolute Gasteiger partial charge is 0.285 e. The van der Waals surface area contributed by atoms with Gasteiger partial charge in [-0.15, -0.1) is 6.58 Å². The second-order valence-corrected chi connectivity index (χ2v) is 7.46. The minimum Gasteiger partial charge on any atom is -0.331 e. The molecule has 156 valence electrons. The van der Waals surface area contributed by atoms with Crippen molar-refractivity contribution in [2.24, 2.45) is 5.92 Å². The maximum absolute atomic E-state index is 5.66. The summed E-state index contributed by atoms with van der Waals surface area (Å²) in [5.41, 5.74) is 0. The van der Waals surface area contributed by atoms with Crippen LogP contribution < -0.4 is 0 Å². The van der Waals surface area contributed by atoms with Gasteiger partial charge in [0.25, 0.3) is 5.97 Å². The average Bonchev–Trinajstić information content (AvgIpc) is 2.67. The Morgan fingerprint density at radius 2 is 1.12 bits per heavy atom. The Kier molecular flexibility index (Phi) is 17.7. The molecule has 0 aliphatic rings. The monoisotopic (exact) mass is 370 g/mol. The Hall–Kier alpha value is -0.380. The van der Waals surface area contributed by atoms with Crippen LogP contribution in [-0.4, -0.2) is 27.3 Å². The van der Waals surface area contributed by atoms with Crippen LogP contribution in [0.3, 0.4) is 0 Å². The van der Waals surface area contributed by atoms with Crippen molar-refractivity contribution in [1.29, 1.82) is 0 Å². The lowest BCUT2D eigenvalue weighted by atomic mass is 9.91. The lowest BCUT2D eigenvalue weighted by Gasteiger charge is -2.36. The molecule has 0 radical (unpaired) electrons. The SMILES string of the molecule is C=CCCCCCCCCCC(CCCCCCC)C(OC)(OC)OC. The standard InChI is InChI=1S/C23H46O3/c1-6-8-10-12-13-14-15-17-19-21-22(20-18-16-11-9-7-2)23(24-3,25-4)26-5/h6,22H,1,7-21H2,2-5H3. The highest BCUT2D eigenvalue weighted by Gasteiger charge is 2.39. The minimum absolute atomic E-state index is 0.303. The first-order valence-electron chi connectivity index (χ1n) is 11.0. The second-order valence-electron chi connectivity index (χ2n) is 7.46. The molecule has 0 fully saturated rings. The van der Waals surface area contributed by atoms with E-state index in [2.05, 4.69) is 13.5 Å². The summed E-state index contributed by atoms with van der Waals surface area (Å²) in [6, 6.07) is 0. The molecule has 0 amide bonds. The summed E-state index contributed by atoms with van der Waals surface area (Å²) in [6.45, 7) is 6.04. The van der Waals surface area contributed by atoms with Crippen LogP contribution in [0.2, 0.25) is 0 Å². The molecule has 0 aliphatic carbocycles. The van der Waals surface area contributed by atoms with Crippen LogP contribution in [0.5, 0.6) is 0 Å². The molecule has 0 N–H and O–H groups in total. The van der Waals surface area contributed by atoms with E-state index in [4.69, 9.17) is 14.2 Å².